The Morgan fingerprint density at radius 2 is 2.33 bits per heavy atom. The maximum Gasteiger partial charge on any atom is 0.138 e. The highest BCUT2D eigenvalue weighted by Gasteiger charge is 2.02. The second-order valence-electron chi connectivity index (χ2n) is 3.00. The van der Waals surface area contributed by atoms with Crippen LogP contribution in [0.2, 0.25) is 0 Å². The van der Waals surface area contributed by atoms with Gasteiger partial charge in [-0.3, -0.25) is 0 Å². The topological polar surface area (TPSA) is 56.7 Å². The zero-order valence-electron chi connectivity index (χ0n) is 8.42. The van der Waals surface area contributed by atoms with Gasteiger partial charge in [0.2, 0.25) is 0 Å². The van der Waals surface area contributed by atoms with Crippen LogP contribution < -0.4 is 5.73 Å². The molecule has 0 aliphatic rings. The van der Waals surface area contributed by atoms with E-state index in [-0.39, 0.29) is 0 Å². The number of aromatic nitrogens is 3. The van der Waals surface area contributed by atoms with Gasteiger partial charge < -0.3 is 5.73 Å². The van der Waals surface area contributed by atoms with Gasteiger partial charge >= 0.3 is 0 Å². The number of rotatable bonds is 3. The molecule has 78 valence electrons. The lowest BCUT2D eigenvalue weighted by atomic mass is 10.3. The van der Waals surface area contributed by atoms with Crippen LogP contribution >= 0.6 is 11.8 Å². The molecule has 4 nitrogen and oxygen atoms in total. The Balaban J connectivity index is 2.33. The average Bonchev–Trinajstić information content (AvgIpc) is 2.74. The lowest BCUT2D eigenvalue weighted by molar-refractivity contribution is 0.878. The summed E-state index contributed by atoms with van der Waals surface area (Å²) in [6, 6.07) is 5.91. The molecule has 0 amide bonds. The molecule has 2 N–H and O–H groups in total. The third kappa shape index (κ3) is 2.12. The molecule has 1 heterocycles. The van der Waals surface area contributed by atoms with Crippen molar-refractivity contribution < 1.29 is 0 Å². The van der Waals surface area contributed by atoms with E-state index in [0.29, 0.717) is 0 Å². The van der Waals surface area contributed by atoms with Crippen LogP contribution in [-0.4, -0.2) is 20.5 Å². The molecule has 15 heavy (non-hydrogen) atoms. The number of hydrogen-bond donors (Lipinski definition) is 1. The number of nitrogens with two attached hydrogens (primary N) is 1. The van der Waals surface area contributed by atoms with Gasteiger partial charge in [-0.2, -0.15) is 5.10 Å². The van der Waals surface area contributed by atoms with Crippen LogP contribution in [0.1, 0.15) is 6.92 Å². The van der Waals surface area contributed by atoms with Crippen LogP contribution in [0.15, 0.2) is 35.7 Å². The van der Waals surface area contributed by atoms with Gasteiger partial charge in [0, 0.05) is 10.6 Å². The predicted octanol–water partition coefficient (Wildman–Crippen LogP) is 1.96. The highest BCUT2D eigenvalue weighted by molar-refractivity contribution is 7.99. The average molecular weight is 220 g/mol. The van der Waals surface area contributed by atoms with Crippen molar-refractivity contribution in [3.05, 3.63) is 30.9 Å². The number of nitrogens with zero attached hydrogens (tertiary/aromatic N) is 3. The van der Waals surface area contributed by atoms with E-state index in [1.807, 2.05) is 18.2 Å². The van der Waals surface area contributed by atoms with Crippen LogP contribution in [0.4, 0.5) is 5.69 Å². The first-order valence-corrected chi connectivity index (χ1v) is 5.67. The van der Waals surface area contributed by atoms with Crippen molar-refractivity contribution in [3.8, 4) is 5.69 Å². The first-order valence-electron chi connectivity index (χ1n) is 4.68. The van der Waals surface area contributed by atoms with E-state index in [1.54, 1.807) is 22.8 Å². The van der Waals surface area contributed by atoms with Crippen LogP contribution in [0.25, 0.3) is 5.69 Å². The van der Waals surface area contributed by atoms with E-state index in [4.69, 9.17) is 5.73 Å². The Labute approximate surface area is 92.5 Å². The van der Waals surface area contributed by atoms with E-state index in [0.717, 1.165) is 22.0 Å². The molecule has 1 aromatic heterocycles. The molecular weight excluding hydrogens is 208 g/mol. The summed E-state index contributed by atoms with van der Waals surface area (Å²) in [6.07, 6.45) is 3.16. The lowest BCUT2D eigenvalue weighted by Gasteiger charge is -2.06. The molecule has 0 saturated heterocycles. The summed E-state index contributed by atoms with van der Waals surface area (Å²) < 4.78 is 1.69. The van der Waals surface area contributed by atoms with Gasteiger partial charge in [-0.15, -0.1) is 11.8 Å². The molecule has 0 aliphatic carbocycles. The van der Waals surface area contributed by atoms with Crippen molar-refractivity contribution >= 4 is 17.4 Å². The Morgan fingerprint density at radius 3 is 2.93 bits per heavy atom. The van der Waals surface area contributed by atoms with Gasteiger partial charge in [-0.1, -0.05) is 6.92 Å². The van der Waals surface area contributed by atoms with Gasteiger partial charge in [-0.25, -0.2) is 9.67 Å². The first-order chi connectivity index (χ1) is 7.31. The fourth-order valence-electron chi connectivity index (χ4n) is 1.31. The van der Waals surface area contributed by atoms with E-state index in [9.17, 15) is 0 Å². The second-order valence-corrected chi connectivity index (χ2v) is 4.30. The number of anilines is 1. The molecule has 2 rings (SSSR count). The van der Waals surface area contributed by atoms with Crippen molar-refractivity contribution in [1.82, 2.24) is 14.8 Å². The number of nitrogen functional groups attached to an aromatic ring is 1. The monoisotopic (exact) mass is 220 g/mol. The van der Waals surface area contributed by atoms with Gasteiger partial charge in [0.25, 0.3) is 0 Å². The van der Waals surface area contributed by atoms with Crippen LogP contribution in [0, 0.1) is 0 Å². The Kier molecular flexibility index (Phi) is 2.91. The van der Waals surface area contributed by atoms with Crippen molar-refractivity contribution in [2.75, 3.05) is 11.5 Å². The predicted molar refractivity (Wildman–Crippen MR) is 62.2 cm³/mol. The molecule has 1 aromatic carbocycles. The quantitative estimate of drug-likeness (QED) is 0.634. The van der Waals surface area contributed by atoms with Crippen molar-refractivity contribution in [1.29, 1.82) is 0 Å². The van der Waals surface area contributed by atoms with E-state index in [1.165, 1.54) is 6.33 Å². The molecular formula is C10H12N4S. The Bertz CT molecular complexity index is 439. The Hall–Kier alpha value is -1.49. The van der Waals surface area contributed by atoms with E-state index in [2.05, 4.69) is 17.0 Å². The summed E-state index contributed by atoms with van der Waals surface area (Å²) >= 11 is 1.74. The summed E-state index contributed by atoms with van der Waals surface area (Å²) in [5.41, 5.74) is 7.65. The third-order valence-corrected chi connectivity index (χ3v) is 2.95. The number of benzene rings is 1. The smallest absolute Gasteiger partial charge is 0.138 e. The van der Waals surface area contributed by atoms with Crippen molar-refractivity contribution in [2.45, 2.75) is 11.8 Å². The summed E-state index contributed by atoms with van der Waals surface area (Å²) in [7, 11) is 0. The summed E-state index contributed by atoms with van der Waals surface area (Å²) in [5, 5.41) is 4.05. The molecule has 0 aliphatic heterocycles. The third-order valence-electron chi connectivity index (χ3n) is 1.98. The minimum absolute atomic E-state index is 0.787. The second kappa shape index (κ2) is 4.35. The highest BCUT2D eigenvalue weighted by Crippen LogP contribution is 2.26. The molecule has 2 aromatic rings. The summed E-state index contributed by atoms with van der Waals surface area (Å²) in [4.78, 5) is 5.01. The minimum atomic E-state index is 0.787. The molecule has 0 unspecified atom stereocenters. The van der Waals surface area contributed by atoms with Gasteiger partial charge in [0.1, 0.15) is 12.7 Å². The van der Waals surface area contributed by atoms with Crippen molar-refractivity contribution in [2.24, 2.45) is 0 Å². The van der Waals surface area contributed by atoms with Gasteiger partial charge in [0.05, 0.1) is 5.69 Å². The molecule has 0 spiro atoms. The zero-order chi connectivity index (χ0) is 10.7. The fraction of sp³-hybridized carbons (Fsp3) is 0.200. The number of thioether (sulfide) groups is 1. The van der Waals surface area contributed by atoms with Gasteiger partial charge in [-0.05, 0) is 24.0 Å². The molecule has 0 saturated carbocycles. The summed E-state index contributed by atoms with van der Waals surface area (Å²) in [6.45, 7) is 2.11. The normalized spacial score (nSPS) is 10.5. The molecule has 0 atom stereocenters. The SMILES string of the molecule is CCSc1ccc(-n2cncn2)cc1N. The number of hydrogen-bond acceptors (Lipinski definition) is 4. The van der Waals surface area contributed by atoms with E-state index >= 15 is 0 Å². The highest BCUT2D eigenvalue weighted by atomic mass is 32.2. The maximum atomic E-state index is 5.93. The van der Waals surface area contributed by atoms with Gasteiger partial charge in [0.15, 0.2) is 0 Å². The van der Waals surface area contributed by atoms with Crippen molar-refractivity contribution in [3.63, 3.8) is 0 Å². The zero-order valence-corrected chi connectivity index (χ0v) is 9.24. The molecule has 5 heteroatoms. The molecule has 0 fully saturated rings. The first kappa shape index (κ1) is 10.0. The van der Waals surface area contributed by atoms with E-state index < -0.39 is 0 Å². The standard InChI is InChI=1S/C10H12N4S/c1-2-15-10-4-3-8(5-9(10)11)14-7-12-6-13-14/h3-7H,2,11H2,1H3. The molecule has 0 bridgehead atoms. The minimum Gasteiger partial charge on any atom is -0.398 e. The maximum absolute atomic E-state index is 5.93. The van der Waals surface area contributed by atoms with Crippen LogP contribution in [0.3, 0.4) is 0 Å². The lowest BCUT2D eigenvalue weighted by Crippen LogP contribution is -1.97. The van der Waals surface area contributed by atoms with Crippen LogP contribution in [-0.2, 0) is 0 Å². The Morgan fingerprint density at radius 1 is 1.47 bits per heavy atom. The fourth-order valence-corrected chi connectivity index (χ4v) is 2.01. The van der Waals surface area contributed by atoms with Crippen LogP contribution in [0.5, 0.6) is 0 Å². The summed E-state index contributed by atoms with van der Waals surface area (Å²) in [5.74, 6) is 1.02. The largest absolute Gasteiger partial charge is 0.398 e. The molecule has 0 radical (unpaired) electrons.